The number of rotatable bonds is 3. The lowest BCUT2D eigenvalue weighted by Gasteiger charge is -2.48. The van der Waals surface area contributed by atoms with Crippen molar-refractivity contribution >= 4 is 21.7 Å². The van der Waals surface area contributed by atoms with Crippen molar-refractivity contribution in [2.24, 2.45) is 5.92 Å². The smallest absolute Gasteiger partial charge is 0.267 e. The van der Waals surface area contributed by atoms with Crippen LogP contribution in [0.4, 0.5) is 0 Å². The lowest BCUT2D eigenvalue weighted by molar-refractivity contribution is -0.130. The molecule has 1 aliphatic carbocycles. The molecule has 2 heterocycles. The van der Waals surface area contributed by atoms with Crippen LogP contribution < -0.4 is 0 Å². The number of hydrogen-bond donors (Lipinski definition) is 0. The minimum absolute atomic E-state index is 0.0115. The summed E-state index contributed by atoms with van der Waals surface area (Å²) in [6, 6.07) is 9.24. The monoisotopic (exact) mass is 431 g/mol. The van der Waals surface area contributed by atoms with E-state index in [1.807, 2.05) is 23.1 Å². The van der Waals surface area contributed by atoms with Gasteiger partial charge in [0.1, 0.15) is 0 Å². The van der Waals surface area contributed by atoms with Gasteiger partial charge in [-0.1, -0.05) is 31.0 Å². The van der Waals surface area contributed by atoms with Crippen molar-refractivity contribution in [1.82, 2.24) is 14.7 Å². The number of fused-ring (bicyclic) bond motifs is 1. The Hall–Kier alpha value is -2.35. The van der Waals surface area contributed by atoms with E-state index in [0.29, 0.717) is 37.4 Å². The number of hydrogen-bond acceptors (Lipinski definition) is 5. The van der Waals surface area contributed by atoms with Crippen LogP contribution in [0.25, 0.3) is 0 Å². The van der Waals surface area contributed by atoms with Gasteiger partial charge in [-0.3, -0.25) is 9.59 Å². The molecule has 4 rings (SSSR count). The number of benzene rings is 1. The van der Waals surface area contributed by atoms with Crippen molar-refractivity contribution in [3.8, 4) is 0 Å². The first-order valence-corrected chi connectivity index (χ1v) is 12.5. The van der Waals surface area contributed by atoms with Crippen LogP contribution in [0.1, 0.15) is 36.0 Å². The van der Waals surface area contributed by atoms with Gasteiger partial charge < -0.3 is 14.7 Å². The van der Waals surface area contributed by atoms with Crippen molar-refractivity contribution in [2.75, 3.05) is 39.5 Å². The average Bonchev–Trinajstić information content (AvgIpc) is 2.75. The number of sulfone groups is 1. The normalized spacial score (nSPS) is 25.4. The van der Waals surface area contributed by atoms with Crippen LogP contribution in [0.2, 0.25) is 0 Å². The zero-order chi connectivity index (χ0) is 21.5. The molecule has 8 heteroatoms. The number of nitrogens with zero attached hydrogens (tertiary/aromatic N) is 3. The molecule has 1 saturated carbocycles. The summed E-state index contributed by atoms with van der Waals surface area (Å²) in [6.07, 6.45) is 5.02. The number of amides is 2. The quantitative estimate of drug-likeness (QED) is 0.728. The summed E-state index contributed by atoms with van der Waals surface area (Å²) in [5.41, 5.74) is 1.35. The fourth-order valence-electron chi connectivity index (χ4n) is 5.12. The summed E-state index contributed by atoms with van der Waals surface area (Å²) >= 11 is 0. The van der Waals surface area contributed by atoms with E-state index in [2.05, 4.69) is 4.90 Å². The van der Waals surface area contributed by atoms with Gasteiger partial charge in [0.05, 0.1) is 0 Å². The van der Waals surface area contributed by atoms with Gasteiger partial charge in [0.25, 0.3) is 11.8 Å². The average molecular weight is 432 g/mol. The topological polar surface area (TPSA) is 78.0 Å². The first-order chi connectivity index (χ1) is 14.3. The number of carbonyl (C=O) groups is 2. The van der Waals surface area contributed by atoms with E-state index in [0.717, 1.165) is 31.9 Å². The van der Waals surface area contributed by atoms with Crippen molar-refractivity contribution in [2.45, 2.75) is 31.7 Å². The molecule has 0 spiro atoms. The second-order valence-corrected chi connectivity index (χ2v) is 10.5. The Morgan fingerprint density at radius 1 is 1.00 bits per heavy atom. The van der Waals surface area contributed by atoms with Crippen LogP contribution in [0, 0.1) is 5.92 Å². The Bertz CT molecular complexity index is 965. The van der Waals surface area contributed by atoms with E-state index in [-0.39, 0.29) is 22.8 Å². The first-order valence-electron chi connectivity index (χ1n) is 10.6. The number of likely N-dealkylation sites (N-methyl/N-ethyl adjacent to an activating group) is 1. The minimum Gasteiger partial charge on any atom is -0.370 e. The van der Waals surface area contributed by atoms with Crippen LogP contribution in [-0.2, 0) is 14.6 Å². The first kappa shape index (κ1) is 20.9. The summed E-state index contributed by atoms with van der Waals surface area (Å²) in [5.74, 6) is -0.358. The number of piperazine rings is 1. The molecule has 0 radical (unpaired) electrons. The fraction of sp³-hybridized carbons (Fsp3) is 0.545. The minimum atomic E-state index is -3.66. The van der Waals surface area contributed by atoms with Crippen molar-refractivity contribution in [3.05, 3.63) is 46.5 Å². The van der Waals surface area contributed by atoms with E-state index >= 15 is 0 Å². The Labute approximate surface area is 178 Å². The third-order valence-corrected chi connectivity index (χ3v) is 7.75. The lowest BCUT2D eigenvalue weighted by Crippen LogP contribution is -2.56. The predicted octanol–water partition coefficient (Wildman–Crippen LogP) is 1.73. The fourth-order valence-corrected chi connectivity index (χ4v) is 6.24. The molecule has 2 atom stereocenters. The molecule has 1 aromatic carbocycles. The molecule has 0 N–H and O–H groups in total. The molecule has 7 nitrogen and oxygen atoms in total. The van der Waals surface area contributed by atoms with Gasteiger partial charge in [0.2, 0.25) is 0 Å². The van der Waals surface area contributed by atoms with Gasteiger partial charge in [-0.25, -0.2) is 8.42 Å². The summed E-state index contributed by atoms with van der Waals surface area (Å²) in [5, 5.41) is 0. The van der Waals surface area contributed by atoms with Crippen LogP contribution in [0.3, 0.4) is 0 Å². The molecule has 0 bridgehead atoms. The zero-order valence-electron chi connectivity index (χ0n) is 17.6. The van der Waals surface area contributed by atoms with Crippen LogP contribution in [0.15, 0.2) is 40.9 Å². The van der Waals surface area contributed by atoms with Gasteiger partial charge in [0.15, 0.2) is 14.7 Å². The molecule has 1 aromatic rings. The molecular formula is C22H29N3O4S. The maximum absolute atomic E-state index is 13.0. The summed E-state index contributed by atoms with van der Waals surface area (Å²) < 4.78 is 25.3. The molecule has 2 unspecified atom stereocenters. The van der Waals surface area contributed by atoms with Gasteiger partial charge in [0, 0.05) is 62.7 Å². The highest BCUT2D eigenvalue weighted by atomic mass is 32.2. The number of carbonyl (C=O) groups excluding carboxylic acids is 2. The molecule has 2 amide bonds. The third kappa shape index (κ3) is 3.73. The Kier molecular flexibility index (Phi) is 5.61. The second-order valence-electron chi connectivity index (χ2n) is 8.51. The maximum atomic E-state index is 13.0. The molecule has 162 valence electrons. The van der Waals surface area contributed by atoms with E-state index in [4.69, 9.17) is 0 Å². The van der Waals surface area contributed by atoms with Gasteiger partial charge in [-0.05, 0) is 25.0 Å². The van der Waals surface area contributed by atoms with Crippen LogP contribution >= 0.6 is 0 Å². The van der Waals surface area contributed by atoms with Gasteiger partial charge in [-0.15, -0.1) is 0 Å². The Balaban J connectivity index is 1.62. The Morgan fingerprint density at radius 2 is 1.63 bits per heavy atom. The Morgan fingerprint density at radius 3 is 2.27 bits per heavy atom. The highest BCUT2D eigenvalue weighted by molar-refractivity contribution is 7.95. The molecule has 3 aliphatic rings. The highest BCUT2D eigenvalue weighted by Crippen LogP contribution is 2.41. The highest BCUT2D eigenvalue weighted by Gasteiger charge is 2.46. The van der Waals surface area contributed by atoms with Gasteiger partial charge in [-0.2, -0.15) is 0 Å². The van der Waals surface area contributed by atoms with E-state index in [1.54, 1.807) is 24.1 Å². The molecule has 2 fully saturated rings. The molecule has 0 aromatic heterocycles. The molecular weight excluding hydrogens is 402 g/mol. The third-order valence-electron chi connectivity index (χ3n) is 6.62. The van der Waals surface area contributed by atoms with Gasteiger partial charge >= 0.3 is 0 Å². The van der Waals surface area contributed by atoms with E-state index in [1.165, 1.54) is 0 Å². The molecule has 30 heavy (non-hydrogen) atoms. The summed E-state index contributed by atoms with van der Waals surface area (Å²) in [7, 11) is -1.94. The van der Waals surface area contributed by atoms with E-state index < -0.39 is 15.7 Å². The van der Waals surface area contributed by atoms with Crippen molar-refractivity contribution in [3.63, 3.8) is 0 Å². The van der Waals surface area contributed by atoms with Crippen LogP contribution in [-0.4, -0.2) is 80.5 Å². The largest absolute Gasteiger partial charge is 0.370 e. The SMILES string of the molecule is CN1C(=O)C(S(C)(=O)=O)=C(N2CCN(C(=O)c3ccccc3)CC2)C2CCCCC21. The van der Waals surface area contributed by atoms with Crippen molar-refractivity contribution in [1.29, 1.82) is 0 Å². The molecule has 1 saturated heterocycles. The zero-order valence-corrected chi connectivity index (χ0v) is 18.4. The summed E-state index contributed by atoms with van der Waals surface area (Å²) in [4.78, 5) is 31.3. The van der Waals surface area contributed by atoms with Crippen molar-refractivity contribution < 1.29 is 18.0 Å². The second kappa shape index (κ2) is 8.06. The van der Waals surface area contributed by atoms with E-state index in [9.17, 15) is 18.0 Å². The predicted molar refractivity (Wildman–Crippen MR) is 114 cm³/mol. The summed E-state index contributed by atoms with van der Waals surface area (Å²) in [6.45, 7) is 2.09. The molecule has 2 aliphatic heterocycles. The standard InChI is InChI=1S/C22H29N3O4S/c1-23-18-11-7-6-10-17(18)19(20(22(23)27)30(2,28)29)24-12-14-25(15-13-24)21(26)16-8-4-3-5-9-16/h3-5,8-9,17-18H,6-7,10-15H2,1-2H3. The van der Waals surface area contributed by atoms with Crippen LogP contribution in [0.5, 0.6) is 0 Å². The maximum Gasteiger partial charge on any atom is 0.267 e. The lowest BCUT2D eigenvalue weighted by atomic mass is 9.78.